The summed E-state index contributed by atoms with van der Waals surface area (Å²) in [6, 6.07) is 0. The lowest BCUT2D eigenvalue weighted by atomic mass is 9.82. The van der Waals surface area contributed by atoms with E-state index in [4.69, 9.17) is 0 Å². The molecule has 0 heterocycles. The van der Waals surface area contributed by atoms with Crippen LogP contribution in [0, 0.1) is 5.92 Å². The highest BCUT2D eigenvalue weighted by molar-refractivity contribution is 4.85. The van der Waals surface area contributed by atoms with Crippen molar-refractivity contribution >= 4 is 0 Å². The predicted octanol–water partition coefficient (Wildman–Crippen LogP) is 2.75. The number of hydrogen-bond donors (Lipinski definition) is 1. The molecule has 0 radical (unpaired) electrons. The van der Waals surface area contributed by atoms with Gasteiger partial charge in [0, 0.05) is 12.8 Å². The summed E-state index contributed by atoms with van der Waals surface area (Å²) in [6.45, 7) is 3.48. The minimum Gasteiger partial charge on any atom is -0.393 e. The van der Waals surface area contributed by atoms with Crippen LogP contribution >= 0.6 is 0 Å². The van der Waals surface area contributed by atoms with Crippen molar-refractivity contribution in [2.24, 2.45) is 5.92 Å². The van der Waals surface area contributed by atoms with Gasteiger partial charge < -0.3 is 5.11 Å². The molecule has 2 atom stereocenters. The van der Waals surface area contributed by atoms with Gasteiger partial charge in [-0.1, -0.05) is 6.08 Å². The van der Waals surface area contributed by atoms with Crippen molar-refractivity contribution in [3.63, 3.8) is 0 Å². The lowest BCUT2D eigenvalue weighted by molar-refractivity contribution is -0.0748. The molecule has 0 bridgehead atoms. The van der Waals surface area contributed by atoms with Crippen LogP contribution in [-0.4, -0.2) is 17.1 Å². The molecule has 1 rings (SSSR count). The molecule has 1 aliphatic carbocycles. The minimum absolute atomic E-state index is 0.0235. The Kier molecular flexibility index (Phi) is 3.42. The molecule has 1 aliphatic rings. The average Bonchev–Trinajstić information content (AvgIpc) is 2.03. The molecular formula is C10H16F2O. The molecule has 0 saturated heterocycles. The lowest BCUT2D eigenvalue weighted by Crippen LogP contribution is -2.32. The summed E-state index contributed by atoms with van der Waals surface area (Å²) in [4.78, 5) is 0. The first-order chi connectivity index (χ1) is 6.05. The van der Waals surface area contributed by atoms with E-state index in [1.165, 1.54) is 0 Å². The van der Waals surface area contributed by atoms with Gasteiger partial charge in [0.15, 0.2) is 0 Å². The van der Waals surface area contributed by atoms with Crippen LogP contribution in [0.15, 0.2) is 12.7 Å². The van der Waals surface area contributed by atoms with Crippen LogP contribution in [0.3, 0.4) is 0 Å². The minimum atomic E-state index is -2.56. The molecule has 0 aliphatic heterocycles. The maximum atomic E-state index is 12.9. The highest BCUT2D eigenvalue weighted by Gasteiger charge is 2.38. The van der Waals surface area contributed by atoms with Gasteiger partial charge in [-0.05, 0) is 25.2 Å². The number of rotatable bonds is 3. The number of alkyl halides is 2. The smallest absolute Gasteiger partial charge is 0.248 e. The normalized spacial score (nSPS) is 29.6. The van der Waals surface area contributed by atoms with E-state index in [2.05, 4.69) is 6.58 Å². The summed E-state index contributed by atoms with van der Waals surface area (Å²) in [6.07, 6.45) is 2.41. The standard InChI is InChI=1S/C10H16F2O/c1-2-4-9(13)8-5-3-6-10(11,12)7-8/h2,8-9,13H,1,3-7H2. The highest BCUT2D eigenvalue weighted by atomic mass is 19.3. The van der Waals surface area contributed by atoms with Gasteiger partial charge in [-0.2, -0.15) is 0 Å². The van der Waals surface area contributed by atoms with E-state index in [-0.39, 0.29) is 18.8 Å². The van der Waals surface area contributed by atoms with Crippen molar-refractivity contribution in [1.82, 2.24) is 0 Å². The molecule has 1 fully saturated rings. The second-order valence-corrected chi connectivity index (χ2v) is 3.80. The Balaban J connectivity index is 2.46. The molecular weight excluding hydrogens is 174 g/mol. The van der Waals surface area contributed by atoms with Gasteiger partial charge in [-0.15, -0.1) is 6.58 Å². The first-order valence-corrected chi connectivity index (χ1v) is 4.72. The third-order valence-electron chi connectivity index (χ3n) is 2.63. The number of aliphatic hydroxyl groups excluding tert-OH is 1. The zero-order chi connectivity index (χ0) is 9.90. The Bertz CT molecular complexity index is 180. The fourth-order valence-corrected chi connectivity index (χ4v) is 1.90. The third-order valence-corrected chi connectivity index (χ3v) is 2.63. The van der Waals surface area contributed by atoms with Crippen LogP contribution in [0.5, 0.6) is 0 Å². The number of aliphatic hydroxyl groups is 1. The maximum Gasteiger partial charge on any atom is 0.248 e. The Labute approximate surface area is 77.5 Å². The van der Waals surface area contributed by atoms with Gasteiger partial charge in [0.05, 0.1) is 6.10 Å². The fourth-order valence-electron chi connectivity index (χ4n) is 1.90. The van der Waals surface area contributed by atoms with E-state index >= 15 is 0 Å². The van der Waals surface area contributed by atoms with Crippen molar-refractivity contribution in [3.8, 4) is 0 Å². The van der Waals surface area contributed by atoms with E-state index in [1.54, 1.807) is 6.08 Å². The monoisotopic (exact) mass is 190 g/mol. The van der Waals surface area contributed by atoms with Crippen molar-refractivity contribution in [2.75, 3.05) is 0 Å². The molecule has 13 heavy (non-hydrogen) atoms. The second-order valence-electron chi connectivity index (χ2n) is 3.80. The molecule has 1 N–H and O–H groups in total. The van der Waals surface area contributed by atoms with Crippen LogP contribution in [0.1, 0.15) is 32.1 Å². The zero-order valence-electron chi connectivity index (χ0n) is 7.68. The third kappa shape index (κ3) is 3.07. The van der Waals surface area contributed by atoms with Crippen molar-refractivity contribution in [3.05, 3.63) is 12.7 Å². The van der Waals surface area contributed by atoms with E-state index in [0.717, 1.165) is 0 Å². The molecule has 0 spiro atoms. The Morgan fingerprint density at radius 2 is 2.31 bits per heavy atom. The molecule has 0 aromatic carbocycles. The van der Waals surface area contributed by atoms with Crippen LogP contribution in [0.2, 0.25) is 0 Å². The molecule has 1 nitrogen and oxygen atoms in total. The highest BCUT2D eigenvalue weighted by Crippen LogP contribution is 2.38. The van der Waals surface area contributed by atoms with Gasteiger partial charge >= 0.3 is 0 Å². The maximum absolute atomic E-state index is 12.9. The van der Waals surface area contributed by atoms with Gasteiger partial charge in [0.25, 0.3) is 0 Å². The first-order valence-electron chi connectivity index (χ1n) is 4.72. The van der Waals surface area contributed by atoms with E-state index < -0.39 is 12.0 Å². The topological polar surface area (TPSA) is 20.2 Å². The van der Waals surface area contributed by atoms with Crippen LogP contribution in [0.25, 0.3) is 0 Å². The molecule has 0 amide bonds. The predicted molar refractivity (Wildman–Crippen MR) is 47.7 cm³/mol. The summed E-state index contributed by atoms with van der Waals surface area (Å²) in [5.41, 5.74) is 0. The second kappa shape index (κ2) is 4.18. The van der Waals surface area contributed by atoms with Crippen LogP contribution in [0.4, 0.5) is 8.78 Å². The summed E-state index contributed by atoms with van der Waals surface area (Å²) in [5.74, 6) is -2.81. The van der Waals surface area contributed by atoms with Crippen molar-refractivity contribution in [1.29, 1.82) is 0 Å². The average molecular weight is 190 g/mol. The molecule has 1 saturated carbocycles. The molecule has 3 heteroatoms. The van der Waals surface area contributed by atoms with Crippen molar-refractivity contribution < 1.29 is 13.9 Å². The van der Waals surface area contributed by atoms with E-state index in [1.807, 2.05) is 0 Å². The summed E-state index contributed by atoms with van der Waals surface area (Å²) in [5, 5.41) is 9.50. The molecule has 76 valence electrons. The Morgan fingerprint density at radius 3 is 2.85 bits per heavy atom. The number of hydrogen-bond acceptors (Lipinski definition) is 1. The Hall–Kier alpha value is -0.440. The van der Waals surface area contributed by atoms with Gasteiger partial charge in [0.2, 0.25) is 5.92 Å². The summed E-state index contributed by atoms with van der Waals surface area (Å²) < 4.78 is 25.8. The quantitative estimate of drug-likeness (QED) is 0.678. The van der Waals surface area contributed by atoms with E-state index in [0.29, 0.717) is 19.3 Å². The lowest BCUT2D eigenvalue weighted by Gasteiger charge is -2.31. The van der Waals surface area contributed by atoms with Gasteiger partial charge in [-0.3, -0.25) is 0 Å². The molecule has 0 aromatic heterocycles. The van der Waals surface area contributed by atoms with Crippen molar-refractivity contribution in [2.45, 2.75) is 44.1 Å². The van der Waals surface area contributed by atoms with E-state index in [9.17, 15) is 13.9 Å². The Morgan fingerprint density at radius 1 is 1.62 bits per heavy atom. The first kappa shape index (κ1) is 10.6. The fraction of sp³-hybridized carbons (Fsp3) is 0.800. The summed E-state index contributed by atoms with van der Waals surface area (Å²) in [7, 11) is 0. The van der Waals surface area contributed by atoms with Crippen LogP contribution < -0.4 is 0 Å². The zero-order valence-corrected chi connectivity index (χ0v) is 7.68. The molecule has 0 aromatic rings. The number of halogens is 2. The van der Waals surface area contributed by atoms with Gasteiger partial charge in [0.1, 0.15) is 0 Å². The summed E-state index contributed by atoms with van der Waals surface area (Å²) >= 11 is 0. The van der Waals surface area contributed by atoms with Crippen LogP contribution in [-0.2, 0) is 0 Å². The molecule has 2 unspecified atom stereocenters. The SMILES string of the molecule is C=CCC(O)C1CCCC(F)(F)C1. The largest absolute Gasteiger partial charge is 0.393 e. The van der Waals surface area contributed by atoms with Gasteiger partial charge in [-0.25, -0.2) is 8.78 Å².